The fourth-order valence-electron chi connectivity index (χ4n) is 3.93. The van der Waals surface area contributed by atoms with Crippen LogP contribution in [0.4, 0.5) is 0 Å². The minimum absolute atomic E-state index is 0.0706. The monoisotopic (exact) mass is 421 g/mol. The first-order valence-electron chi connectivity index (χ1n) is 10.5. The van der Waals surface area contributed by atoms with Crippen molar-refractivity contribution in [1.82, 2.24) is 14.5 Å². The SMILES string of the molecule is CC1CCN(C(=O)CSc2nc3ccccc3c(=O)n2[C@H](C)c2ccccc2)CC1. The molecule has 3 aromatic rings. The molecular formula is C24H27N3O2S. The first-order valence-corrected chi connectivity index (χ1v) is 11.5. The van der Waals surface area contributed by atoms with Crippen molar-refractivity contribution in [2.24, 2.45) is 5.92 Å². The third kappa shape index (κ3) is 4.29. The van der Waals surface area contributed by atoms with Gasteiger partial charge in [0.2, 0.25) is 5.91 Å². The fourth-order valence-corrected chi connectivity index (χ4v) is 4.90. The minimum atomic E-state index is -0.177. The highest BCUT2D eigenvalue weighted by atomic mass is 32.2. The van der Waals surface area contributed by atoms with Crippen molar-refractivity contribution in [3.63, 3.8) is 0 Å². The van der Waals surface area contributed by atoms with Crippen molar-refractivity contribution in [3.05, 3.63) is 70.5 Å². The molecule has 0 aliphatic carbocycles. The molecular weight excluding hydrogens is 394 g/mol. The lowest BCUT2D eigenvalue weighted by Gasteiger charge is -2.30. The van der Waals surface area contributed by atoms with Gasteiger partial charge in [-0.1, -0.05) is 61.2 Å². The Labute approximate surface area is 181 Å². The average molecular weight is 422 g/mol. The Morgan fingerprint density at radius 1 is 1.10 bits per heavy atom. The molecule has 0 N–H and O–H groups in total. The van der Waals surface area contributed by atoms with E-state index in [1.54, 1.807) is 4.57 Å². The Morgan fingerprint density at radius 2 is 1.77 bits per heavy atom. The predicted octanol–water partition coefficient (Wildman–Crippen LogP) is 4.36. The van der Waals surface area contributed by atoms with Crippen LogP contribution in [0.25, 0.3) is 10.9 Å². The Hall–Kier alpha value is -2.60. The molecule has 6 heteroatoms. The van der Waals surface area contributed by atoms with Gasteiger partial charge >= 0.3 is 0 Å². The lowest BCUT2D eigenvalue weighted by atomic mass is 9.99. The summed E-state index contributed by atoms with van der Waals surface area (Å²) >= 11 is 1.36. The smallest absolute Gasteiger partial charge is 0.262 e. The normalized spacial score (nSPS) is 16.0. The maximum absolute atomic E-state index is 13.4. The largest absolute Gasteiger partial charge is 0.342 e. The summed E-state index contributed by atoms with van der Waals surface area (Å²) in [6.45, 7) is 5.88. The second kappa shape index (κ2) is 9.04. The fraction of sp³-hybridized carbons (Fsp3) is 0.375. The Morgan fingerprint density at radius 3 is 2.50 bits per heavy atom. The van der Waals surface area contributed by atoms with Gasteiger partial charge in [-0.2, -0.15) is 0 Å². The van der Waals surface area contributed by atoms with Crippen LogP contribution in [0.3, 0.4) is 0 Å². The van der Waals surface area contributed by atoms with E-state index in [0.29, 0.717) is 27.7 Å². The summed E-state index contributed by atoms with van der Waals surface area (Å²) in [4.78, 5) is 32.8. The zero-order valence-corrected chi connectivity index (χ0v) is 18.3. The summed E-state index contributed by atoms with van der Waals surface area (Å²) in [5, 5.41) is 1.19. The lowest BCUT2D eigenvalue weighted by molar-refractivity contribution is -0.129. The van der Waals surface area contributed by atoms with Crippen LogP contribution in [0.5, 0.6) is 0 Å². The highest BCUT2D eigenvalue weighted by molar-refractivity contribution is 7.99. The number of piperidine rings is 1. The van der Waals surface area contributed by atoms with E-state index >= 15 is 0 Å². The molecule has 30 heavy (non-hydrogen) atoms. The van der Waals surface area contributed by atoms with E-state index in [1.807, 2.05) is 66.4 Å². The van der Waals surface area contributed by atoms with Crippen molar-refractivity contribution >= 4 is 28.6 Å². The average Bonchev–Trinajstić information content (AvgIpc) is 2.78. The first kappa shape index (κ1) is 20.7. The molecule has 1 atom stereocenters. The number of benzene rings is 2. The molecule has 1 aromatic heterocycles. The van der Waals surface area contributed by atoms with Gasteiger partial charge in [-0.05, 0) is 43.4 Å². The van der Waals surface area contributed by atoms with Crippen LogP contribution in [0, 0.1) is 5.92 Å². The van der Waals surface area contributed by atoms with Gasteiger partial charge in [0.25, 0.3) is 5.56 Å². The summed E-state index contributed by atoms with van der Waals surface area (Å²) in [5.74, 6) is 1.09. The van der Waals surface area contributed by atoms with Gasteiger partial charge in [-0.15, -0.1) is 0 Å². The van der Waals surface area contributed by atoms with Crippen molar-refractivity contribution in [2.45, 2.75) is 37.9 Å². The van der Waals surface area contributed by atoms with Crippen molar-refractivity contribution < 1.29 is 4.79 Å². The third-order valence-corrected chi connectivity index (χ3v) is 6.84. The second-order valence-corrected chi connectivity index (χ2v) is 8.97. The van der Waals surface area contributed by atoms with Gasteiger partial charge in [0.15, 0.2) is 5.16 Å². The highest BCUT2D eigenvalue weighted by Gasteiger charge is 2.22. The van der Waals surface area contributed by atoms with Crippen LogP contribution in [0.2, 0.25) is 0 Å². The molecule has 1 aliphatic heterocycles. The molecule has 5 nitrogen and oxygen atoms in total. The quantitative estimate of drug-likeness (QED) is 0.454. The van der Waals surface area contributed by atoms with E-state index in [-0.39, 0.29) is 17.5 Å². The molecule has 0 saturated carbocycles. The predicted molar refractivity (Wildman–Crippen MR) is 122 cm³/mol. The van der Waals surface area contributed by atoms with Gasteiger partial charge in [0, 0.05) is 13.1 Å². The van der Waals surface area contributed by atoms with Crippen molar-refractivity contribution in [1.29, 1.82) is 0 Å². The molecule has 1 aliphatic rings. The number of para-hydroxylation sites is 1. The first-order chi connectivity index (χ1) is 14.5. The lowest BCUT2D eigenvalue weighted by Crippen LogP contribution is -2.39. The Bertz CT molecular complexity index is 1090. The molecule has 0 radical (unpaired) electrons. The number of nitrogens with zero attached hydrogens (tertiary/aromatic N) is 3. The van der Waals surface area contributed by atoms with Crippen LogP contribution >= 0.6 is 11.8 Å². The Kier molecular flexibility index (Phi) is 6.23. The van der Waals surface area contributed by atoms with Gasteiger partial charge in [-0.3, -0.25) is 14.2 Å². The number of carbonyl (C=O) groups is 1. The summed E-state index contributed by atoms with van der Waals surface area (Å²) in [6, 6.07) is 17.2. The molecule has 0 spiro atoms. The maximum Gasteiger partial charge on any atom is 0.262 e. The molecule has 1 amide bonds. The molecule has 2 heterocycles. The molecule has 0 unspecified atom stereocenters. The van der Waals surface area contributed by atoms with E-state index in [0.717, 1.165) is 31.5 Å². The summed E-state index contributed by atoms with van der Waals surface area (Å²) in [6.07, 6.45) is 2.11. The van der Waals surface area contributed by atoms with Crippen LogP contribution in [-0.4, -0.2) is 39.2 Å². The van der Waals surface area contributed by atoms with Gasteiger partial charge < -0.3 is 4.90 Å². The zero-order chi connectivity index (χ0) is 21.1. The summed E-state index contributed by atoms with van der Waals surface area (Å²) in [5.41, 5.74) is 1.63. The van der Waals surface area contributed by atoms with E-state index in [1.165, 1.54) is 11.8 Å². The number of carbonyl (C=O) groups excluding carboxylic acids is 1. The second-order valence-electron chi connectivity index (χ2n) is 8.03. The molecule has 1 saturated heterocycles. The van der Waals surface area contributed by atoms with Crippen LogP contribution in [-0.2, 0) is 4.79 Å². The number of amides is 1. The summed E-state index contributed by atoms with van der Waals surface area (Å²) < 4.78 is 1.73. The van der Waals surface area contributed by atoms with Crippen molar-refractivity contribution in [2.75, 3.05) is 18.8 Å². The summed E-state index contributed by atoms with van der Waals surface area (Å²) in [7, 11) is 0. The van der Waals surface area contributed by atoms with Gasteiger partial charge in [0.05, 0.1) is 22.7 Å². The van der Waals surface area contributed by atoms with E-state index in [2.05, 4.69) is 6.92 Å². The number of likely N-dealkylation sites (tertiary alicyclic amines) is 1. The van der Waals surface area contributed by atoms with E-state index in [4.69, 9.17) is 4.98 Å². The number of rotatable bonds is 5. The molecule has 4 rings (SSSR count). The van der Waals surface area contributed by atoms with E-state index in [9.17, 15) is 9.59 Å². The standard InChI is InChI=1S/C24H27N3O2S/c1-17-12-14-26(15-13-17)22(28)16-30-24-25-21-11-7-6-10-20(21)23(29)27(24)18(2)19-8-4-3-5-9-19/h3-11,17-18H,12-16H2,1-2H3/t18-/m1/s1. The molecule has 1 fully saturated rings. The third-order valence-electron chi connectivity index (χ3n) is 5.91. The maximum atomic E-state index is 13.4. The van der Waals surface area contributed by atoms with Gasteiger partial charge in [-0.25, -0.2) is 4.98 Å². The molecule has 2 aromatic carbocycles. The number of aromatic nitrogens is 2. The minimum Gasteiger partial charge on any atom is -0.342 e. The van der Waals surface area contributed by atoms with Crippen molar-refractivity contribution in [3.8, 4) is 0 Å². The number of fused-ring (bicyclic) bond motifs is 1. The van der Waals surface area contributed by atoms with Crippen LogP contribution < -0.4 is 5.56 Å². The zero-order valence-electron chi connectivity index (χ0n) is 17.5. The number of thioether (sulfide) groups is 1. The van der Waals surface area contributed by atoms with E-state index < -0.39 is 0 Å². The Balaban J connectivity index is 1.66. The van der Waals surface area contributed by atoms with Gasteiger partial charge in [0.1, 0.15) is 0 Å². The highest BCUT2D eigenvalue weighted by Crippen LogP contribution is 2.26. The molecule has 0 bridgehead atoms. The topological polar surface area (TPSA) is 55.2 Å². The van der Waals surface area contributed by atoms with Crippen LogP contribution in [0.1, 0.15) is 38.3 Å². The number of hydrogen-bond acceptors (Lipinski definition) is 4. The number of hydrogen-bond donors (Lipinski definition) is 0. The molecule has 156 valence electrons. The van der Waals surface area contributed by atoms with Crippen LogP contribution in [0.15, 0.2) is 64.5 Å².